The third kappa shape index (κ3) is 4.06. The van der Waals surface area contributed by atoms with Crippen molar-refractivity contribution in [3.63, 3.8) is 0 Å². The molecule has 0 spiro atoms. The number of hydrogen-bond acceptors (Lipinski definition) is 5. The van der Waals surface area contributed by atoms with Crippen molar-refractivity contribution in [1.82, 2.24) is 0 Å². The molecule has 3 N–H and O–H groups in total. The maximum atomic E-state index is 11.3. The van der Waals surface area contributed by atoms with Crippen molar-refractivity contribution in [3.8, 4) is 5.75 Å². The van der Waals surface area contributed by atoms with Gasteiger partial charge in [-0.1, -0.05) is 26.8 Å². The number of carbonyl (C=O) groups excluding carboxylic acids is 1. The van der Waals surface area contributed by atoms with Crippen LogP contribution >= 0.6 is 0 Å². The van der Waals surface area contributed by atoms with Crippen LogP contribution in [0.2, 0.25) is 0 Å². The van der Waals surface area contributed by atoms with E-state index < -0.39 is 10.8 Å². The number of benzene rings is 2. The molecule has 132 valence electrons. The monoisotopic (exact) mass is 343 g/mol. The van der Waals surface area contributed by atoms with Crippen molar-refractivity contribution in [3.05, 3.63) is 57.6 Å². The number of nitrogens with two attached hydrogens (primary N) is 1. The van der Waals surface area contributed by atoms with Crippen LogP contribution in [0.3, 0.4) is 0 Å². The standard InChI is InChI=1S/C18H21N3O4/c1-18(2,3)12-6-8-16(25-4)14(10-12)20-13-7-5-11(17(19)22)9-15(13)21(23)24/h5-10,20H,1-4H3,(H2,19,22). The molecule has 0 fully saturated rings. The highest BCUT2D eigenvalue weighted by atomic mass is 16.6. The van der Waals surface area contributed by atoms with E-state index in [2.05, 4.69) is 26.1 Å². The molecule has 0 aliphatic heterocycles. The summed E-state index contributed by atoms with van der Waals surface area (Å²) < 4.78 is 5.34. The lowest BCUT2D eigenvalue weighted by Crippen LogP contribution is -2.12. The predicted molar refractivity (Wildman–Crippen MR) is 96.6 cm³/mol. The Hall–Kier alpha value is -3.09. The second-order valence-electron chi connectivity index (χ2n) is 6.64. The number of nitrogens with one attached hydrogen (secondary N) is 1. The molecule has 0 aliphatic carbocycles. The topological polar surface area (TPSA) is 107 Å². The fourth-order valence-corrected chi connectivity index (χ4v) is 2.36. The van der Waals surface area contributed by atoms with Crippen LogP contribution in [0.4, 0.5) is 17.1 Å². The van der Waals surface area contributed by atoms with Gasteiger partial charge >= 0.3 is 0 Å². The molecule has 1 amide bonds. The zero-order chi connectivity index (χ0) is 18.8. The normalized spacial score (nSPS) is 11.0. The number of rotatable bonds is 5. The number of amides is 1. The van der Waals surface area contributed by atoms with Gasteiger partial charge in [-0.3, -0.25) is 14.9 Å². The van der Waals surface area contributed by atoms with Gasteiger partial charge in [0.25, 0.3) is 5.69 Å². The van der Waals surface area contributed by atoms with E-state index in [1.54, 1.807) is 0 Å². The van der Waals surface area contributed by atoms with Crippen molar-refractivity contribution < 1.29 is 14.5 Å². The lowest BCUT2D eigenvalue weighted by molar-refractivity contribution is -0.383. The van der Waals surface area contributed by atoms with Crippen LogP contribution in [0.1, 0.15) is 36.7 Å². The van der Waals surface area contributed by atoms with E-state index in [1.165, 1.54) is 19.2 Å². The van der Waals surface area contributed by atoms with Crippen LogP contribution in [-0.4, -0.2) is 17.9 Å². The summed E-state index contributed by atoms with van der Waals surface area (Å²) in [6.45, 7) is 6.22. The third-order valence-electron chi connectivity index (χ3n) is 3.81. The molecule has 0 aliphatic rings. The van der Waals surface area contributed by atoms with Gasteiger partial charge < -0.3 is 15.8 Å². The molecule has 0 unspecified atom stereocenters. The van der Waals surface area contributed by atoms with E-state index in [0.29, 0.717) is 11.4 Å². The number of methoxy groups -OCH3 is 1. The highest BCUT2D eigenvalue weighted by molar-refractivity contribution is 5.94. The van der Waals surface area contributed by atoms with Crippen molar-refractivity contribution in [2.45, 2.75) is 26.2 Å². The van der Waals surface area contributed by atoms with Gasteiger partial charge in [0.05, 0.1) is 17.7 Å². The van der Waals surface area contributed by atoms with Crippen molar-refractivity contribution >= 4 is 23.0 Å². The molecule has 0 saturated heterocycles. The van der Waals surface area contributed by atoms with Gasteiger partial charge in [-0.05, 0) is 35.2 Å². The van der Waals surface area contributed by atoms with E-state index >= 15 is 0 Å². The molecule has 0 aromatic heterocycles. The molecule has 2 aromatic carbocycles. The molecular weight excluding hydrogens is 322 g/mol. The van der Waals surface area contributed by atoms with E-state index in [1.807, 2.05) is 18.2 Å². The predicted octanol–water partition coefficient (Wildman–Crippen LogP) is 3.74. The molecule has 0 radical (unpaired) electrons. The summed E-state index contributed by atoms with van der Waals surface area (Å²) in [5.41, 5.74) is 6.84. The summed E-state index contributed by atoms with van der Waals surface area (Å²) in [5.74, 6) is -0.164. The Labute approximate surface area is 145 Å². The van der Waals surface area contributed by atoms with E-state index in [9.17, 15) is 14.9 Å². The first-order chi connectivity index (χ1) is 11.6. The van der Waals surface area contributed by atoms with Crippen LogP contribution in [0.15, 0.2) is 36.4 Å². The molecule has 0 saturated carbocycles. The molecular formula is C18H21N3O4. The van der Waals surface area contributed by atoms with Crippen LogP contribution in [0.25, 0.3) is 0 Å². The minimum Gasteiger partial charge on any atom is -0.495 e. The second kappa shape index (κ2) is 6.80. The third-order valence-corrected chi connectivity index (χ3v) is 3.81. The van der Waals surface area contributed by atoms with Crippen LogP contribution in [-0.2, 0) is 5.41 Å². The lowest BCUT2D eigenvalue weighted by Gasteiger charge is -2.21. The fraction of sp³-hybridized carbons (Fsp3) is 0.278. The quantitative estimate of drug-likeness (QED) is 0.635. The van der Waals surface area contributed by atoms with E-state index in [-0.39, 0.29) is 22.4 Å². The SMILES string of the molecule is COc1ccc(C(C)(C)C)cc1Nc1ccc(C(N)=O)cc1[N+](=O)[O-]. The molecule has 7 nitrogen and oxygen atoms in total. The number of anilines is 2. The average Bonchev–Trinajstić information content (AvgIpc) is 2.53. The second-order valence-corrected chi connectivity index (χ2v) is 6.64. The zero-order valence-corrected chi connectivity index (χ0v) is 14.6. The highest BCUT2D eigenvalue weighted by Crippen LogP contribution is 2.36. The Balaban J connectivity index is 2.52. The molecule has 7 heteroatoms. The van der Waals surface area contributed by atoms with Gasteiger partial charge in [-0.15, -0.1) is 0 Å². The number of nitrogens with zero attached hydrogens (tertiary/aromatic N) is 1. The first kappa shape index (κ1) is 18.3. The summed E-state index contributed by atoms with van der Waals surface area (Å²) >= 11 is 0. The summed E-state index contributed by atoms with van der Waals surface area (Å²) in [6, 6.07) is 9.72. The van der Waals surface area contributed by atoms with E-state index in [4.69, 9.17) is 10.5 Å². The van der Waals surface area contributed by atoms with Gasteiger partial charge in [0.15, 0.2) is 0 Å². The smallest absolute Gasteiger partial charge is 0.293 e. The summed E-state index contributed by atoms with van der Waals surface area (Å²) in [4.78, 5) is 22.0. The maximum absolute atomic E-state index is 11.3. The van der Waals surface area contributed by atoms with Gasteiger partial charge in [0.2, 0.25) is 5.91 Å². The fourth-order valence-electron chi connectivity index (χ4n) is 2.36. The molecule has 0 heterocycles. The van der Waals surface area contributed by atoms with Gasteiger partial charge in [0, 0.05) is 11.6 Å². The van der Waals surface area contributed by atoms with Crippen molar-refractivity contribution in [2.24, 2.45) is 5.73 Å². The Morgan fingerprint density at radius 3 is 2.36 bits per heavy atom. The molecule has 2 aromatic rings. The Bertz CT molecular complexity index is 826. The number of nitro groups is 1. The largest absolute Gasteiger partial charge is 0.495 e. The first-order valence-electron chi connectivity index (χ1n) is 7.67. The molecule has 0 bridgehead atoms. The van der Waals surface area contributed by atoms with Crippen molar-refractivity contribution in [1.29, 1.82) is 0 Å². The number of hydrogen-bond donors (Lipinski definition) is 2. The number of ether oxygens (including phenoxy) is 1. The Morgan fingerprint density at radius 2 is 1.84 bits per heavy atom. The van der Waals surface area contributed by atoms with Gasteiger partial charge in [0.1, 0.15) is 11.4 Å². The maximum Gasteiger partial charge on any atom is 0.293 e. The Morgan fingerprint density at radius 1 is 1.16 bits per heavy atom. The number of primary amides is 1. The molecule has 25 heavy (non-hydrogen) atoms. The van der Waals surface area contributed by atoms with Crippen LogP contribution < -0.4 is 15.8 Å². The summed E-state index contributed by atoms with van der Waals surface area (Å²) in [7, 11) is 1.53. The summed E-state index contributed by atoms with van der Waals surface area (Å²) in [5, 5.41) is 14.4. The van der Waals surface area contributed by atoms with Crippen LogP contribution in [0, 0.1) is 10.1 Å². The zero-order valence-electron chi connectivity index (χ0n) is 14.6. The minimum atomic E-state index is -0.720. The van der Waals surface area contributed by atoms with Crippen molar-refractivity contribution in [2.75, 3.05) is 12.4 Å². The Kier molecular flexibility index (Phi) is 4.97. The number of carbonyl (C=O) groups is 1. The summed E-state index contributed by atoms with van der Waals surface area (Å²) in [6.07, 6.45) is 0. The van der Waals surface area contributed by atoms with Gasteiger partial charge in [-0.2, -0.15) is 0 Å². The van der Waals surface area contributed by atoms with Crippen LogP contribution in [0.5, 0.6) is 5.75 Å². The molecule has 2 rings (SSSR count). The number of nitro benzene ring substituents is 1. The first-order valence-corrected chi connectivity index (χ1v) is 7.67. The van der Waals surface area contributed by atoms with E-state index in [0.717, 1.165) is 11.6 Å². The highest BCUT2D eigenvalue weighted by Gasteiger charge is 2.20. The minimum absolute atomic E-state index is 0.0765. The lowest BCUT2D eigenvalue weighted by atomic mass is 9.87. The van der Waals surface area contributed by atoms with Gasteiger partial charge in [-0.25, -0.2) is 0 Å². The average molecular weight is 343 g/mol. The molecule has 0 atom stereocenters.